The number of ether oxygens (including phenoxy) is 2. The number of rotatable bonds is 17. The highest BCUT2D eigenvalue weighted by Gasteiger charge is 2.43. The van der Waals surface area contributed by atoms with Crippen molar-refractivity contribution < 1.29 is 28.7 Å². The van der Waals surface area contributed by atoms with Crippen LogP contribution in [-0.2, 0) is 35.1 Å². The highest BCUT2D eigenvalue weighted by molar-refractivity contribution is 5.89. The highest BCUT2D eigenvalue weighted by Crippen LogP contribution is 2.37. The number of benzene rings is 2. The van der Waals surface area contributed by atoms with Gasteiger partial charge in [-0.25, -0.2) is 0 Å². The fraction of sp³-hybridized carbons (Fsp3) is 0.543. The molecule has 0 aliphatic carbocycles. The second-order valence-corrected chi connectivity index (χ2v) is 12.2. The van der Waals surface area contributed by atoms with Gasteiger partial charge in [0.1, 0.15) is 12.6 Å². The Labute approximate surface area is 277 Å². The van der Waals surface area contributed by atoms with Crippen LogP contribution in [0.25, 0.3) is 10.4 Å². The van der Waals surface area contributed by atoms with Crippen LogP contribution in [0.3, 0.4) is 0 Å². The number of nitrogens with one attached hydrogen (secondary N) is 3. The maximum atomic E-state index is 13.2. The molecule has 2 aromatic carbocycles. The third-order valence-corrected chi connectivity index (χ3v) is 8.68. The van der Waals surface area contributed by atoms with Crippen LogP contribution in [0.15, 0.2) is 59.7 Å². The van der Waals surface area contributed by atoms with Gasteiger partial charge in [0.2, 0.25) is 17.7 Å². The minimum absolute atomic E-state index is 0.0143. The van der Waals surface area contributed by atoms with Crippen LogP contribution in [0.4, 0.5) is 0 Å². The van der Waals surface area contributed by atoms with Gasteiger partial charge in [0.05, 0.1) is 18.2 Å². The molecule has 7 atom stereocenters. The summed E-state index contributed by atoms with van der Waals surface area (Å²) in [6.07, 6.45) is 1.39. The summed E-state index contributed by atoms with van der Waals surface area (Å²) in [5.41, 5.74) is 11.2. The number of carbonyl (C=O) groups is 4. The molecule has 1 heterocycles. The van der Waals surface area contributed by atoms with Crippen molar-refractivity contribution in [2.45, 2.75) is 97.3 Å². The number of carbonyl (C=O) groups excluding carboxylic acids is 4. The van der Waals surface area contributed by atoms with E-state index in [1.807, 2.05) is 54.6 Å². The average molecular weight is 649 g/mol. The monoisotopic (exact) mass is 648 g/mol. The molecule has 0 radical (unpaired) electrons. The van der Waals surface area contributed by atoms with Crippen molar-refractivity contribution in [3.05, 3.63) is 81.7 Å². The van der Waals surface area contributed by atoms with Crippen LogP contribution < -0.4 is 16.0 Å². The molecule has 1 fully saturated rings. The van der Waals surface area contributed by atoms with Crippen molar-refractivity contribution in [3.63, 3.8) is 0 Å². The number of nitrogens with zero attached hydrogens (tertiary/aromatic N) is 3. The van der Waals surface area contributed by atoms with Crippen LogP contribution in [0.5, 0.6) is 0 Å². The summed E-state index contributed by atoms with van der Waals surface area (Å²) in [7, 11) is 0. The molecule has 1 aliphatic heterocycles. The van der Waals surface area contributed by atoms with E-state index in [0.29, 0.717) is 25.8 Å². The quantitative estimate of drug-likeness (QED) is 0.0951. The van der Waals surface area contributed by atoms with Crippen LogP contribution in [0, 0.1) is 11.8 Å². The molecule has 12 nitrogen and oxygen atoms in total. The lowest BCUT2D eigenvalue weighted by molar-refractivity contribution is -0.248. The second kappa shape index (κ2) is 18.8. The molecule has 1 aliphatic rings. The van der Waals surface area contributed by atoms with Crippen molar-refractivity contribution in [1.29, 1.82) is 0 Å². The lowest BCUT2D eigenvalue weighted by atomic mass is 9.81. The Morgan fingerprint density at radius 3 is 2.26 bits per heavy atom. The summed E-state index contributed by atoms with van der Waals surface area (Å²) in [5.74, 6) is -0.705. The maximum absolute atomic E-state index is 13.2. The normalized spacial score (nSPS) is 21.9. The van der Waals surface area contributed by atoms with Gasteiger partial charge in [-0.1, -0.05) is 80.5 Å². The van der Waals surface area contributed by atoms with E-state index in [2.05, 4.69) is 46.7 Å². The lowest BCUT2D eigenvalue weighted by Crippen LogP contribution is -2.58. The maximum Gasteiger partial charge on any atom is 0.226 e. The van der Waals surface area contributed by atoms with E-state index in [0.717, 1.165) is 23.1 Å². The zero-order valence-electron chi connectivity index (χ0n) is 28.0. The number of hydrogen-bond donors (Lipinski definition) is 3. The Hall–Kier alpha value is -4.25. The second-order valence-electron chi connectivity index (χ2n) is 12.2. The zero-order valence-corrected chi connectivity index (χ0v) is 28.0. The number of unbranched alkanes of at least 4 members (excludes halogenated alkanes) is 1. The fourth-order valence-electron chi connectivity index (χ4n) is 5.95. The van der Waals surface area contributed by atoms with E-state index in [1.165, 1.54) is 13.8 Å². The van der Waals surface area contributed by atoms with Crippen molar-refractivity contribution in [2.75, 3.05) is 13.1 Å². The van der Waals surface area contributed by atoms with Crippen LogP contribution in [-0.4, -0.2) is 61.1 Å². The molecule has 0 spiro atoms. The average Bonchev–Trinajstić information content (AvgIpc) is 3.05. The lowest BCUT2D eigenvalue weighted by Gasteiger charge is -2.45. The smallest absolute Gasteiger partial charge is 0.226 e. The summed E-state index contributed by atoms with van der Waals surface area (Å²) >= 11 is 0. The molecule has 3 amide bonds. The third kappa shape index (κ3) is 11.5. The van der Waals surface area contributed by atoms with Gasteiger partial charge in [-0.15, -0.1) is 0 Å². The minimum atomic E-state index is -0.781. The van der Waals surface area contributed by atoms with E-state index < -0.39 is 30.4 Å². The van der Waals surface area contributed by atoms with Gasteiger partial charge in [0.15, 0.2) is 12.1 Å². The van der Waals surface area contributed by atoms with Gasteiger partial charge in [0, 0.05) is 31.7 Å². The number of hydrogen-bond acceptors (Lipinski definition) is 7. The number of Topliss-reactive ketones (excluding diaryl/α,β-unsaturated/α-hetero) is 1. The van der Waals surface area contributed by atoms with Gasteiger partial charge in [-0.05, 0) is 59.7 Å². The van der Waals surface area contributed by atoms with Crippen LogP contribution in [0.1, 0.15) is 83.1 Å². The first-order valence-electron chi connectivity index (χ1n) is 16.3. The van der Waals surface area contributed by atoms with Crippen LogP contribution >= 0.6 is 0 Å². The van der Waals surface area contributed by atoms with E-state index in [4.69, 9.17) is 15.0 Å². The van der Waals surface area contributed by atoms with Gasteiger partial charge >= 0.3 is 0 Å². The first-order chi connectivity index (χ1) is 22.5. The van der Waals surface area contributed by atoms with E-state index in [9.17, 15) is 19.2 Å². The van der Waals surface area contributed by atoms with Crippen LogP contribution in [0.2, 0.25) is 0 Å². The summed E-state index contributed by atoms with van der Waals surface area (Å²) in [4.78, 5) is 51.5. The third-order valence-electron chi connectivity index (χ3n) is 8.68. The van der Waals surface area contributed by atoms with Gasteiger partial charge < -0.3 is 25.4 Å². The standard InChI is InChI=1S/C35H48N6O6/c1-6-31-22(2)23(3)33(40-32(45)21-38-41-36)35(46-31)47-34(27-12-8-7-9-13-27)28-17-15-26(16-18-28)20-30(44)29(39-25(5)43)14-10-11-19-37-24(4)42/h7-9,12-13,15-18,22-23,29,31,33-35H,6,10-11,14,19-21H2,1-5H3,(H,37,42)(H,39,43)(H,40,45)/t22-,23-,29?,31?,33?,34?,35-/m0/s1. The first-order valence-corrected chi connectivity index (χ1v) is 16.3. The van der Waals surface area contributed by atoms with Gasteiger partial charge in [-0.2, -0.15) is 0 Å². The first kappa shape index (κ1) is 37.2. The molecule has 1 saturated heterocycles. The molecule has 254 valence electrons. The van der Waals surface area contributed by atoms with Crippen molar-refractivity contribution in [1.82, 2.24) is 16.0 Å². The molecule has 0 saturated carbocycles. The zero-order chi connectivity index (χ0) is 34.3. The van der Waals surface area contributed by atoms with E-state index in [-0.39, 0.29) is 48.5 Å². The predicted octanol–water partition coefficient (Wildman–Crippen LogP) is 4.92. The Morgan fingerprint density at radius 2 is 1.64 bits per heavy atom. The summed E-state index contributed by atoms with van der Waals surface area (Å²) in [5, 5.41) is 11.9. The van der Waals surface area contributed by atoms with E-state index in [1.54, 1.807) is 0 Å². The summed E-state index contributed by atoms with van der Waals surface area (Å²) in [6.45, 7) is 9.27. The molecule has 2 aromatic rings. The Balaban J connectivity index is 1.81. The molecular weight excluding hydrogens is 600 g/mol. The Kier molecular flexibility index (Phi) is 14.9. The predicted molar refractivity (Wildman–Crippen MR) is 178 cm³/mol. The number of azide groups is 1. The molecule has 12 heteroatoms. The molecule has 47 heavy (non-hydrogen) atoms. The fourth-order valence-corrected chi connectivity index (χ4v) is 5.95. The highest BCUT2D eigenvalue weighted by atomic mass is 16.7. The van der Waals surface area contributed by atoms with Crippen molar-refractivity contribution >= 4 is 23.5 Å². The Morgan fingerprint density at radius 1 is 0.957 bits per heavy atom. The summed E-state index contributed by atoms with van der Waals surface area (Å²) < 4.78 is 13.2. The Bertz CT molecular complexity index is 1380. The molecule has 3 rings (SSSR count). The van der Waals surface area contributed by atoms with Crippen molar-refractivity contribution in [2.24, 2.45) is 17.0 Å². The van der Waals surface area contributed by atoms with Gasteiger partial charge in [0.25, 0.3) is 0 Å². The molecule has 0 aromatic heterocycles. The SMILES string of the molecule is CCC1O[C@@H](OC(c2ccccc2)c2ccc(CC(=O)C(CCCCNC(C)=O)NC(C)=O)cc2)C(NC(=O)CN=[N+]=[N-])[C@@H](C)[C@@H]1C. The molecular formula is C35H48N6O6. The number of ketones is 1. The molecule has 4 unspecified atom stereocenters. The minimum Gasteiger partial charge on any atom is -0.356 e. The number of amides is 3. The van der Waals surface area contributed by atoms with E-state index >= 15 is 0 Å². The summed E-state index contributed by atoms with van der Waals surface area (Å²) in [6, 6.07) is 16.2. The molecule has 0 bridgehead atoms. The van der Waals surface area contributed by atoms with Crippen molar-refractivity contribution in [3.8, 4) is 0 Å². The largest absolute Gasteiger partial charge is 0.356 e. The van der Waals surface area contributed by atoms with Gasteiger partial charge in [-0.3, -0.25) is 19.2 Å². The molecule has 3 N–H and O–H groups in total. The topological polar surface area (TPSA) is 172 Å².